The summed E-state index contributed by atoms with van der Waals surface area (Å²) in [7, 11) is 0. The summed E-state index contributed by atoms with van der Waals surface area (Å²) in [5.74, 6) is 0.194. The molecule has 1 rings (SSSR count). The molecule has 2 N–H and O–H groups in total. The van der Waals surface area contributed by atoms with Crippen LogP contribution in [0.2, 0.25) is 0 Å². The molecule has 1 aromatic carbocycles. The number of amides is 1. The van der Waals surface area contributed by atoms with E-state index in [1.165, 1.54) is 5.56 Å². The van der Waals surface area contributed by atoms with Crippen LogP contribution in [0.15, 0.2) is 24.3 Å². The van der Waals surface area contributed by atoms with Gasteiger partial charge < -0.3 is 10.6 Å². The maximum atomic E-state index is 12.2. The summed E-state index contributed by atoms with van der Waals surface area (Å²) in [6, 6.07) is 8.17. The SMILES string of the molecule is CCN(CC)C(=O)CN(Cc1ccc(N)cc1)C(C)C. The number of anilines is 1. The highest BCUT2D eigenvalue weighted by Gasteiger charge is 2.17. The normalized spacial score (nSPS) is 11.1. The van der Waals surface area contributed by atoms with Gasteiger partial charge in [0.05, 0.1) is 6.54 Å². The summed E-state index contributed by atoms with van der Waals surface area (Å²) >= 11 is 0. The van der Waals surface area contributed by atoms with Crippen LogP contribution in [-0.2, 0) is 11.3 Å². The molecule has 0 atom stereocenters. The second kappa shape index (κ2) is 7.90. The molecule has 0 heterocycles. The van der Waals surface area contributed by atoms with E-state index in [9.17, 15) is 4.79 Å². The molecule has 0 spiro atoms. The van der Waals surface area contributed by atoms with Crippen LogP contribution in [0.3, 0.4) is 0 Å². The van der Waals surface area contributed by atoms with E-state index in [1.54, 1.807) is 0 Å². The molecular weight excluding hydrogens is 250 g/mol. The number of nitrogens with zero attached hydrogens (tertiary/aromatic N) is 2. The van der Waals surface area contributed by atoms with Crippen molar-refractivity contribution in [3.8, 4) is 0 Å². The Kier molecular flexibility index (Phi) is 6.52. The number of nitrogens with two attached hydrogens (primary N) is 1. The van der Waals surface area contributed by atoms with Gasteiger partial charge in [0.15, 0.2) is 0 Å². The van der Waals surface area contributed by atoms with Gasteiger partial charge in [-0.25, -0.2) is 0 Å². The number of rotatable bonds is 7. The van der Waals surface area contributed by atoms with Crippen molar-refractivity contribution in [2.24, 2.45) is 0 Å². The van der Waals surface area contributed by atoms with Crippen LogP contribution >= 0.6 is 0 Å². The van der Waals surface area contributed by atoms with Crippen LogP contribution in [0.5, 0.6) is 0 Å². The Balaban J connectivity index is 2.69. The van der Waals surface area contributed by atoms with Gasteiger partial charge >= 0.3 is 0 Å². The first-order valence-electron chi connectivity index (χ1n) is 7.34. The fourth-order valence-electron chi connectivity index (χ4n) is 2.13. The highest BCUT2D eigenvalue weighted by molar-refractivity contribution is 5.78. The van der Waals surface area contributed by atoms with E-state index < -0.39 is 0 Å². The second-order valence-corrected chi connectivity index (χ2v) is 5.31. The number of nitrogen functional groups attached to an aromatic ring is 1. The van der Waals surface area contributed by atoms with Crippen LogP contribution in [-0.4, -0.2) is 41.4 Å². The van der Waals surface area contributed by atoms with Crippen molar-refractivity contribution < 1.29 is 4.79 Å². The summed E-state index contributed by atoms with van der Waals surface area (Å²) in [6.45, 7) is 11.0. The van der Waals surface area contributed by atoms with Crippen molar-refractivity contribution in [3.63, 3.8) is 0 Å². The smallest absolute Gasteiger partial charge is 0.236 e. The first-order chi connectivity index (χ1) is 9.47. The Morgan fingerprint density at radius 2 is 1.70 bits per heavy atom. The molecule has 4 nitrogen and oxygen atoms in total. The zero-order valence-corrected chi connectivity index (χ0v) is 13.1. The Morgan fingerprint density at radius 1 is 1.15 bits per heavy atom. The van der Waals surface area contributed by atoms with Gasteiger partial charge in [0.1, 0.15) is 0 Å². The molecule has 4 heteroatoms. The Bertz CT molecular complexity index is 410. The largest absolute Gasteiger partial charge is 0.399 e. The number of carbonyl (C=O) groups excluding carboxylic acids is 1. The highest BCUT2D eigenvalue weighted by atomic mass is 16.2. The highest BCUT2D eigenvalue weighted by Crippen LogP contribution is 2.11. The van der Waals surface area contributed by atoms with E-state index in [0.29, 0.717) is 12.6 Å². The third-order valence-electron chi connectivity index (χ3n) is 3.55. The van der Waals surface area contributed by atoms with Crippen LogP contribution in [0.4, 0.5) is 5.69 Å². The van der Waals surface area contributed by atoms with Crippen LogP contribution in [0.25, 0.3) is 0 Å². The quantitative estimate of drug-likeness (QED) is 0.778. The first kappa shape index (κ1) is 16.5. The minimum Gasteiger partial charge on any atom is -0.399 e. The fraction of sp³-hybridized carbons (Fsp3) is 0.562. The topological polar surface area (TPSA) is 49.6 Å². The van der Waals surface area contributed by atoms with E-state index in [1.807, 2.05) is 43.0 Å². The lowest BCUT2D eigenvalue weighted by Gasteiger charge is -2.29. The molecule has 0 saturated heterocycles. The Hall–Kier alpha value is -1.55. The zero-order chi connectivity index (χ0) is 15.1. The molecule has 112 valence electrons. The van der Waals surface area contributed by atoms with Gasteiger partial charge in [-0.2, -0.15) is 0 Å². The van der Waals surface area contributed by atoms with E-state index in [-0.39, 0.29) is 5.91 Å². The van der Waals surface area contributed by atoms with Crippen molar-refractivity contribution in [2.75, 3.05) is 25.4 Å². The first-order valence-corrected chi connectivity index (χ1v) is 7.34. The maximum absolute atomic E-state index is 12.2. The number of hydrogen-bond donors (Lipinski definition) is 1. The molecule has 20 heavy (non-hydrogen) atoms. The lowest BCUT2D eigenvalue weighted by molar-refractivity contribution is -0.132. The minimum atomic E-state index is 0.194. The minimum absolute atomic E-state index is 0.194. The van der Waals surface area contributed by atoms with Crippen molar-refractivity contribution in [3.05, 3.63) is 29.8 Å². The third kappa shape index (κ3) is 4.85. The summed E-state index contributed by atoms with van der Waals surface area (Å²) in [5.41, 5.74) is 7.65. The van der Waals surface area contributed by atoms with E-state index in [4.69, 9.17) is 5.73 Å². The molecule has 0 aliphatic rings. The van der Waals surface area contributed by atoms with E-state index >= 15 is 0 Å². The molecule has 0 radical (unpaired) electrons. The average Bonchev–Trinajstić information content (AvgIpc) is 2.41. The van der Waals surface area contributed by atoms with Crippen molar-refractivity contribution in [1.29, 1.82) is 0 Å². The van der Waals surface area contributed by atoms with Crippen LogP contribution in [0.1, 0.15) is 33.3 Å². The summed E-state index contributed by atoms with van der Waals surface area (Å²) in [6.07, 6.45) is 0. The number of hydrogen-bond acceptors (Lipinski definition) is 3. The Labute approximate surface area is 122 Å². The summed E-state index contributed by atoms with van der Waals surface area (Å²) < 4.78 is 0. The number of benzene rings is 1. The predicted octanol–water partition coefficient (Wildman–Crippen LogP) is 2.35. The predicted molar refractivity (Wildman–Crippen MR) is 84.3 cm³/mol. The van der Waals surface area contributed by atoms with Crippen molar-refractivity contribution in [1.82, 2.24) is 9.80 Å². The monoisotopic (exact) mass is 277 g/mol. The van der Waals surface area contributed by atoms with Gasteiger partial charge in [0, 0.05) is 31.4 Å². The lowest BCUT2D eigenvalue weighted by atomic mass is 10.1. The molecule has 0 aliphatic heterocycles. The Morgan fingerprint density at radius 3 is 2.15 bits per heavy atom. The van der Waals surface area contributed by atoms with Gasteiger partial charge in [-0.05, 0) is 45.4 Å². The fourth-order valence-corrected chi connectivity index (χ4v) is 2.13. The molecular formula is C16H27N3O. The average molecular weight is 277 g/mol. The summed E-state index contributed by atoms with van der Waals surface area (Å²) in [5, 5.41) is 0. The molecule has 0 fully saturated rings. The van der Waals surface area contributed by atoms with Gasteiger partial charge in [0.25, 0.3) is 0 Å². The zero-order valence-electron chi connectivity index (χ0n) is 13.1. The van der Waals surface area contributed by atoms with Crippen molar-refractivity contribution >= 4 is 11.6 Å². The number of carbonyl (C=O) groups is 1. The maximum Gasteiger partial charge on any atom is 0.236 e. The number of likely N-dealkylation sites (N-methyl/N-ethyl adjacent to an activating group) is 1. The van der Waals surface area contributed by atoms with E-state index in [2.05, 4.69) is 18.7 Å². The second-order valence-electron chi connectivity index (χ2n) is 5.31. The molecule has 1 amide bonds. The molecule has 0 aliphatic carbocycles. The molecule has 0 saturated carbocycles. The molecule has 1 aromatic rings. The summed E-state index contributed by atoms with van der Waals surface area (Å²) in [4.78, 5) is 16.3. The van der Waals surface area contributed by atoms with Gasteiger partial charge in [-0.3, -0.25) is 9.69 Å². The lowest BCUT2D eigenvalue weighted by Crippen LogP contribution is -2.42. The standard InChI is InChI=1S/C16H27N3O/c1-5-18(6-2)16(20)12-19(13(3)4)11-14-7-9-15(17)10-8-14/h7-10,13H,5-6,11-12,17H2,1-4H3. The van der Waals surface area contributed by atoms with Crippen LogP contribution in [0, 0.1) is 0 Å². The van der Waals surface area contributed by atoms with Crippen LogP contribution < -0.4 is 5.73 Å². The third-order valence-corrected chi connectivity index (χ3v) is 3.55. The van der Waals surface area contributed by atoms with Gasteiger partial charge in [-0.15, -0.1) is 0 Å². The molecule has 0 aromatic heterocycles. The molecule has 0 bridgehead atoms. The van der Waals surface area contributed by atoms with Gasteiger partial charge in [0.2, 0.25) is 5.91 Å². The van der Waals surface area contributed by atoms with E-state index in [0.717, 1.165) is 25.3 Å². The van der Waals surface area contributed by atoms with Gasteiger partial charge in [-0.1, -0.05) is 12.1 Å². The van der Waals surface area contributed by atoms with Crippen molar-refractivity contribution in [2.45, 2.75) is 40.3 Å². The molecule has 0 unspecified atom stereocenters.